The smallest absolute Gasteiger partial charge is 0.319 e. The summed E-state index contributed by atoms with van der Waals surface area (Å²) in [6.45, 7) is 6.68. The lowest BCUT2D eigenvalue weighted by atomic mass is 10.1. The van der Waals surface area contributed by atoms with Gasteiger partial charge in [0.2, 0.25) is 0 Å². The Morgan fingerprint density at radius 2 is 1.78 bits per heavy atom. The van der Waals surface area contributed by atoms with E-state index in [4.69, 9.17) is 0 Å². The van der Waals surface area contributed by atoms with Gasteiger partial charge in [-0.2, -0.15) is 0 Å². The zero-order valence-electron chi connectivity index (χ0n) is 20.6. The Labute approximate surface area is 223 Å². The van der Waals surface area contributed by atoms with E-state index < -0.39 is 4.92 Å². The maximum atomic E-state index is 12.5. The first-order valence-corrected chi connectivity index (χ1v) is 13.2. The van der Waals surface area contributed by atoms with Crippen LogP contribution in [0.5, 0.6) is 0 Å². The first-order chi connectivity index (χ1) is 17.7. The fourth-order valence-electron chi connectivity index (χ4n) is 3.31. The van der Waals surface area contributed by atoms with E-state index in [9.17, 15) is 14.9 Å². The van der Waals surface area contributed by atoms with Crippen molar-refractivity contribution in [3.63, 3.8) is 0 Å². The molecule has 0 fully saturated rings. The van der Waals surface area contributed by atoms with E-state index in [2.05, 4.69) is 41.1 Å². The molecule has 0 unspecified atom stereocenters. The molecule has 1 aromatic heterocycles. The van der Waals surface area contributed by atoms with Crippen molar-refractivity contribution < 1.29 is 9.72 Å². The highest BCUT2D eigenvalue weighted by atomic mass is 32.2. The Morgan fingerprint density at radius 1 is 1.05 bits per heavy atom. The molecule has 8 nitrogen and oxygen atoms in total. The van der Waals surface area contributed by atoms with Gasteiger partial charge in [-0.25, -0.2) is 9.78 Å². The number of carbonyl (C=O) groups is 1. The summed E-state index contributed by atoms with van der Waals surface area (Å²) < 4.78 is 3.44. The number of urea groups is 1. The number of benzene rings is 3. The Bertz CT molecular complexity index is 1380. The average Bonchev–Trinajstić information content (AvgIpc) is 3.37. The number of nitrogens with one attached hydrogen (secondary N) is 3. The predicted octanol–water partition coefficient (Wildman–Crippen LogP) is 7.10. The highest BCUT2D eigenvalue weighted by molar-refractivity contribution is 7.97. The molecule has 0 aliphatic rings. The molecule has 4 aromatic rings. The molecule has 0 bridgehead atoms. The normalized spacial score (nSPS) is 11.2. The Balaban J connectivity index is 1.54. The van der Waals surface area contributed by atoms with Crippen molar-refractivity contribution >= 4 is 40.7 Å². The van der Waals surface area contributed by atoms with Gasteiger partial charge in [-0.1, -0.05) is 36.4 Å². The third-order valence-electron chi connectivity index (χ3n) is 5.10. The van der Waals surface area contributed by atoms with E-state index in [1.54, 1.807) is 18.3 Å². The molecular formula is C27H27N5O3S2. The number of thiazole rings is 1. The van der Waals surface area contributed by atoms with Crippen molar-refractivity contribution in [2.45, 2.75) is 37.8 Å². The van der Waals surface area contributed by atoms with Gasteiger partial charge in [0.05, 0.1) is 9.80 Å². The topological polar surface area (TPSA) is 109 Å². The van der Waals surface area contributed by atoms with Gasteiger partial charge in [-0.05, 0) is 62.5 Å². The molecular weight excluding hydrogens is 506 g/mol. The summed E-state index contributed by atoms with van der Waals surface area (Å²) in [5.74, 6) is 0. The van der Waals surface area contributed by atoms with Gasteiger partial charge in [0.15, 0.2) is 0 Å². The second kappa shape index (κ2) is 11.5. The molecule has 190 valence electrons. The minimum Gasteiger partial charge on any atom is -0.334 e. The van der Waals surface area contributed by atoms with Crippen LogP contribution in [-0.2, 0) is 6.54 Å². The second-order valence-electron chi connectivity index (χ2n) is 9.29. The lowest BCUT2D eigenvalue weighted by molar-refractivity contribution is -0.384. The molecule has 10 heteroatoms. The number of carbonyl (C=O) groups excluding carboxylic acids is 1. The Kier molecular flexibility index (Phi) is 8.22. The molecule has 0 spiro atoms. The van der Waals surface area contributed by atoms with Gasteiger partial charge < -0.3 is 10.6 Å². The zero-order valence-corrected chi connectivity index (χ0v) is 22.3. The molecule has 3 aromatic carbocycles. The number of non-ortho nitro benzene ring substituents is 1. The zero-order chi connectivity index (χ0) is 26.4. The maximum absolute atomic E-state index is 12.5. The number of amides is 2. The molecule has 0 radical (unpaired) electrons. The van der Waals surface area contributed by atoms with E-state index >= 15 is 0 Å². The molecule has 0 saturated heterocycles. The maximum Gasteiger partial charge on any atom is 0.319 e. The van der Waals surface area contributed by atoms with Crippen LogP contribution in [0, 0.1) is 10.1 Å². The summed E-state index contributed by atoms with van der Waals surface area (Å²) in [5.41, 5.74) is 3.40. The second-order valence-corrected chi connectivity index (χ2v) is 11.2. The van der Waals surface area contributed by atoms with Crippen molar-refractivity contribution in [2.75, 3.05) is 5.32 Å². The number of hydrogen-bond donors (Lipinski definition) is 3. The van der Waals surface area contributed by atoms with Gasteiger partial charge in [0, 0.05) is 52.1 Å². The van der Waals surface area contributed by atoms with Crippen LogP contribution in [-0.4, -0.2) is 21.5 Å². The van der Waals surface area contributed by atoms with Gasteiger partial charge in [-0.15, -0.1) is 11.3 Å². The predicted molar refractivity (Wildman–Crippen MR) is 151 cm³/mol. The summed E-state index contributed by atoms with van der Waals surface area (Å²) in [5, 5.41) is 17.5. The van der Waals surface area contributed by atoms with E-state index in [1.807, 2.05) is 48.5 Å². The first-order valence-electron chi connectivity index (χ1n) is 11.6. The van der Waals surface area contributed by atoms with Gasteiger partial charge in [-0.3, -0.25) is 14.8 Å². The lowest BCUT2D eigenvalue weighted by Gasteiger charge is -2.21. The summed E-state index contributed by atoms with van der Waals surface area (Å²) in [6.07, 6.45) is 1.80. The molecule has 37 heavy (non-hydrogen) atoms. The molecule has 4 rings (SSSR count). The van der Waals surface area contributed by atoms with Gasteiger partial charge >= 0.3 is 6.03 Å². The number of aromatic nitrogens is 1. The summed E-state index contributed by atoms with van der Waals surface area (Å²) in [7, 11) is 0. The standard InChI is InChI=1S/C27H27N5O3S2/c1-27(2,3)31-37-23-15-20(30-26(33)29-16-18-7-5-4-6-8-18)11-14-22(23)24-17-28-25(36-24)19-9-12-21(13-10-19)32(34)35/h4-15,17,31H,16H2,1-3H3,(H2,29,30,33). The van der Waals surface area contributed by atoms with Crippen LogP contribution in [0.25, 0.3) is 21.0 Å². The monoisotopic (exact) mass is 533 g/mol. The van der Waals surface area contributed by atoms with Crippen LogP contribution in [0.3, 0.4) is 0 Å². The third kappa shape index (κ3) is 7.39. The van der Waals surface area contributed by atoms with Crippen LogP contribution in [0.15, 0.2) is 83.9 Å². The fraction of sp³-hybridized carbons (Fsp3) is 0.185. The number of nitro groups is 1. The van der Waals surface area contributed by atoms with Crippen LogP contribution in [0.2, 0.25) is 0 Å². The molecule has 0 aliphatic heterocycles. The molecule has 2 amide bonds. The van der Waals surface area contributed by atoms with Crippen molar-refractivity contribution in [1.82, 2.24) is 15.0 Å². The van der Waals surface area contributed by atoms with E-state index in [0.29, 0.717) is 12.2 Å². The van der Waals surface area contributed by atoms with Crippen molar-refractivity contribution in [2.24, 2.45) is 0 Å². The fourth-order valence-corrected chi connectivity index (χ4v) is 5.22. The summed E-state index contributed by atoms with van der Waals surface area (Å²) in [4.78, 5) is 29.5. The molecule has 0 atom stereocenters. The minimum absolute atomic E-state index is 0.0448. The SMILES string of the molecule is CC(C)(C)NSc1cc(NC(=O)NCc2ccccc2)ccc1-c1cnc(-c2ccc([N+](=O)[O-])cc2)s1. The van der Waals surface area contributed by atoms with Crippen LogP contribution < -0.4 is 15.4 Å². The van der Waals surface area contributed by atoms with Crippen LogP contribution in [0.1, 0.15) is 26.3 Å². The average molecular weight is 534 g/mol. The third-order valence-corrected chi connectivity index (χ3v) is 7.45. The highest BCUT2D eigenvalue weighted by Gasteiger charge is 2.16. The number of anilines is 1. The number of nitrogens with zero attached hydrogens (tertiary/aromatic N) is 2. The lowest BCUT2D eigenvalue weighted by Crippen LogP contribution is -2.30. The van der Waals surface area contributed by atoms with Crippen molar-refractivity contribution in [3.05, 3.63) is 94.7 Å². The Hall–Kier alpha value is -3.73. The molecule has 3 N–H and O–H groups in total. The quantitative estimate of drug-likeness (QED) is 0.127. The first kappa shape index (κ1) is 26.3. The highest BCUT2D eigenvalue weighted by Crippen LogP contribution is 2.38. The van der Waals surface area contributed by atoms with Crippen molar-refractivity contribution in [3.8, 4) is 21.0 Å². The van der Waals surface area contributed by atoms with E-state index in [-0.39, 0.29) is 17.3 Å². The van der Waals surface area contributed by atoms with Crippen molar-refractivity contribution in [1.29, 1.82) is 0 Å². The summed E-state index contributed by atoms with van der Waals surface area (Å²) >= 11 is 3.00. The molecule has 0 saturated carbocycles. The largest absolute Gasteiger partial charge is 0.334 e. The minimum atomic E-state index is -0.416. The summed E-state index contributed by atoms with van der Waals surface area (Å²) in [6, 6.07) is 21.6. The van der Waals surface area contributed by atoms with Gasteiger partial charge in [0.1, 0.15) is 5.01 Å². The molecule has 0 aliphatic carbocycles. The van der Waals surface area contributed by atoms with E-state index in [1.165, 1.54) is 35.4 Å². The molecule has 1 heterocycles. The number of nitro benzene ring substituents is 1. The number of rotatable bonds is 8. The number of hydrogen-bond acceptors (Lipinski definition) is 7. The van der Waals surface area contributed by atoms with Crippen LogP contribution >= 0.6 is 23.3 Å². The van der Waals surface area contributed by atoms with Gasteiger partial charge in [0.25, 0.3) is 5.69 Å². The van der Waals surface area contributed by atoms with Crippen LogP contribution in [0.4, 0.5) is 16.2 Å². The Morgan fingerprint density at radius 3 is 2.46 bits per heavy atom. The van der Waals surface area contributed by atoms with E-state index in [0.717, 1.165) is 31.5 Å².